The van der Waals surface area contributed by atoms with Crippen molar-refractivity contribution in [3.05, 3.63) is 72.4 Å². The third-order valence-electron chi connectivity index (χ3n) is 4.38. The zero-order valence-corrected chi connectivity index (χ0v) is 14.3. The SMILES string of the molecule is C[C@H](CNc1cnc2cc(-c3cn[nH]c3)ccc2n1)c1cccc(F)c1. The van der Waals surface area contributed by atoms with Gasteiger partial charge in [0.05, 0.1) is 23.4 Å². The zero-order valence-electron chi connectivity index (χ0n) is 14.3. The molecule has 0 fully saturated rings. The molecule has 2 aromatic carbocycles. The number of nitrogens with zero attached hydrogens (tertiary/aromatic N) is 3. The minimum atomic E-state index is -0.215. The highest BCUT2D eigenvalue weighted by Gasteiger charge is 2.08. The number of aromatic amines is 1. The number of H-pyrrole nitrogens is 1. The maximum atomic E-state index is 13.4. The largest absolute Gasteiger partial charge is 0.368 e. The number of aromatic nitrogens is 4. The van der Waals surface area contributed by atoms with Gasteiger partial charge in [-0.3, -0.25) is 10.1 Å². The molecule has 2 N–H and O–H groups in total. The average Bonchev–Trinajstić information content (AvgIpc) is 3.20. The van der Waals surface area contributed by atoms with Gasteiger partial charge in [0.1, 0.15) is 11.6 Å². The number of hydrogen-bond donors (Lipinski definition) is 2. The van der Waals surface area contributed by atoms with E-state index in [1.807, 2.05) is 37.4 Å². The van der Waals surface area contributed by atoms with E-state index in [1.165, 1.54) is 6.07 Å². The van der Waals surface area contributed by atoms with Crippen molar-refractivity contribution in [2.75, 3.05) is 11.9 Å². The lowest BCUT2D eigenvalue weighted by atomic mass is 10.0. The quantitative estimate of drug-likeness (QED) is 0.562. The fraction of sp³-hybridized carbons (Fsp3) is 0.150. The molecule has 0 aliphatic carbocycles. The van der Waals surface area contributed by atoms with Gasteiger partial charge < -0.3 is 5.32 Å². The van der Waals surface area contributed by atoms with Gasteiger partial charge in [-0.15, -0.1) is 0 Å². The third-order valence-corrected chi connectivity index (χ3v) is 4.38. The van der Waals surface area contributed by atoms with Crippen LogP contribution in [0.15, 0.2) is 61.1 Å². The first-order valence-corrected chi connectivity index (χ1v) is 8.44. The van der Waals surface area contributed by atoms with E-state index < -0.39 is 0 Å². The van der Waals surface area contributed by atoms with Crippen molar-refractivity contribution in [1.82, 2.24) is 20.2 Å². The Morgan fingerprint density at radius 3 is 2.81 bits per heavy atom. The molecule has 0 aliphatic heterocycles. The first-order chi connectivity index (χ1) is 12.7. The van der Waals surface area contributed by atoms with E-state index in [2.05, 4.69) is 25.5 Å². The summed E-state index contributed by atoms with van der Waals surface area (Å²) >= 11 is 0. The van der Waals surface area contributed by atoms with Crippen LogP contribution >= 0.6 is 0 Å². The van der Waals surface area contributed by atoms with Gasteiger partial charge in [0, 0.05) is 18.3 Å². The van der Waals surface area contributed by atoms with E-state index in [4.69, 9.17) is 0 Å². The first kappa shape index (κ1) is 16.2. The summed E-state index contributed by atoms with van der Waals surface area (Å²) < 4.78 is 13.4. The minimum absolute atomic E-state index is 0.159. The van der Waals surface area contributed by atoms with Crippen molar-refractivity contribution < 1.29 is 4.39 Å². The summed E-state index contributed by atoms with van der Waals surface area (Å²) in [7, 11) is 0. The smallest absolute Gasteiger partial charge is 0.145 e. The molecule has 0 amide bonds. The van der Waals surface area contributed by atoms with Crippen LogP contribution < -0.4 is 5.32 Å². The molecule has 0 unspecified atom stereocenters. The molecular weight excluding hydrogens is 329 g/mol. The maximum absolute atomic E-state index is 13.4. The molecule has 26 heavy (non-hydrogen) atoms. The second kappa shape index (κ2) is 6.92. The van der Waals surface area contributed by atoms with Crippen LogP contribution in [0.5, 0.6) is 0 Å². The van der Waals surface area contributed by atoms with E-state index in [0.29, 0.717) is 12.4 Å². The van der Waals surface area contributed by atoms with Crippen molar-refractivity contribution in [3.63, 3.8) is 0 Å². The highest BCUT2D eigenvalue weighted by atomic mass is 19.1. The van der Waals surface area contributed by atoms with Gasteiger partial charge in [-0.1, -0.05) is 25.1 Å². The number of fused-ring (bicyclic) bond motifs is 1. The van der Waals surface area contributed by atoms with Crippen LogP contribution in [0.2, 0.25) is 0 Å². The molecule has 0 saturated carbocycles. The normalized spacial score (nSPS) is 12.2. The molecule has 4 aromatic rings. The molecule has 5 nitrogen and oxygen atoms in total. The fourth-order valence-corrected chi connectivity index (χ4v) is 2.87. The standard InChI is InChI=1S/C20H18FN5/c1-13(14-3-2-4-17(21)7-14)9-23-20-12-22-19-8-15(5-6-18(19)26-20)16-10-24-25-11-16/h2-8,10-13H,9H2,1H3,(H,23,26)(H,24,25)/t13-/m1/s1. The second-order valence-corrected chi connectivity index (χ2v) is 6.28. The van der Waals surface area contributed by atoms with E-state index in [-0.39, 0.29) is 11.7 Å². The monoisotopic (exact) mass is 347 g/mol. The van der Waals surface area contributed by atoms with Crippen molar-refractivity contribution in [3.8, 4) is 11.1 Å². The highest BCUT2D eigenvalue weighted by molar-refractivity contribution is 5.81. The second-order valence-electron chi connectivity index (χ2n) is 6.28. The van der Waals surface area contributed by atoms with Crippen molar-refractivity contribution in [2.45, 2.75) is 12.8 Å². The fourth-order valence-electron chi connectivity index (χ4n) is 2.87. The number of benzene rings is 2. The summed E-state index contributed by atoms with van der Waals surface area (Å²) in [5.74, 6) is 0.650. The summed E-state index contributed by atoms with van der Waals surface area (Å²) in [5, 5.41) is 10.1. The van der Waals surface area contributed by atoms with Crippen LogP contribution in [0.25, 0.3) is 22.2 Å². The van der Waals surface area contributed by atoms with Gasteiger partial charge in [0.15, 0.2) is 0 Å². The predicted octanol–water partition coefficient (Wildman–Crippen LogP) is 4.37. The van der Waals surface area contributed by atoms with E-state index >= 15 is 0 Å². The zero-order chi connectivity index (χ0) is 17.9. The molecule has 6 heteroatoms. The van der Waals surface area contributed by atoms with Gasteiger partial charge in [0.2, 0.25) is 0 Å². The van der Waals surface area contributed by atoms with Crippen molar-refractivity contribution >= 4 is 16.9 Å². The summed E-state index contributed by atoms with van der Waals surface area (Å²) in [6.07, 6.45) is 5.34. The summed E-state index contributed by atoms with van der Waals surface area (Å²) in [6.45, 7) is 2.70. The van der Waals surface area contributed by atoms with Gasteiger partial charge in [0.25, 0.3) is 0 Å². The van der Waals surface area contributed by atoms with E-state index in [9.17, 15) is 4.39 Å². The number of rotatable bonds is 5. The van der Waals surface area contributed by atoms with E-state index in [0.717, 1.165) is 27.7 Å². The lowest BCUT2D eigenvalue weighted by Gasteiger charge is -2.14. The molecule has 0 aliphatic rings. The van der Waals surface area contributed by atoms with Crippen LogP contribution in [0.4, 0.5) is 10.2 Å². The molecule has 0 saturated heterocycles. The summed E-state index contributed by atoms with van der Waals surface area (Å²) in [5.41, 5.74) is 4.66. The Morgan fingerprint density at radius 1 is 1.08 bits per heavy atom. The highest BCUT2D eigenvalue weighted by Crippen LogP contribution is 2.23. The predicted molar refractivity (Wildman–Crippen MR) is 100 cm³/mol. The van der Waals surface area contributed by atoms with Crippen molar-refractivity contribution in [2.24, 2.45) is 0 Å². The molecule has 0 radical (unpaired) electrons. The average molecular weight is 347 g/mol. The van der Waals surface area contributed by atoms with Gasteiger partial charge in [-0.2, -0.15) is 5.10 Å². The summed E-state index contributed by atoms with van der Waals surface area (Å²) in [6, 6.07) is 12.6. The summed E-state index contributed by atoms with van der Waals surface area (Å²) in [4.78, 5) is 9.11. The van der Waals surface area contributed by atoms with E-state index in [1.54, 1.807) is 24.5 Å². The topological polar surface area (TPSA) is 66.5 Å². The number of nitrogens with one attached hydrogen (secondary N) is 2. The number of anilines is 1. The number of hydrogen-bond acceptors (Lipinski definition) is 4. The molecular formula is C20H18FN5. The van der Waals surface area contributed by atoms with Crippen molar-refractivity contribution in [1.29, 1.82) is 0 Å². The Hall–Kier alpha value is -3.28. The minimum Gasteiger partial charge on any atom is -0.368 e. The Balaban J connectivity index is 1.50. The molecule has 0 bridgehead atoms. The molecule has 1 atom stereocenters. The van der Waals surface area contributed by atoms with Gasteiger partial charge in [-0.05, 0) is 41.3 Å². The van der Waals surface area contributed by atoms with Gasteiger partial charge in [-0.25, -0.2) is 9.37 Å². The first-order valence-electron chi connectivity index (χ1n) is 8.44. The lowest BCUT2D eigenvalue weighted by Crippen LogP contribution is -2.11. The Morgan fingerprint density at radius 2 is 2.00 bits per heavy atom. The van der Waals surface area contributed by atoms with Crippen LogP contribution in [-0.4, -0.2) is 26.7 Å². The lowest BCUT2D eigenvalue weighted by molar-refractivity contribution is 0.622. The molecule has 2 aromatic heterocycles. The number of halogens is 1. The van der Waals surface area contributed by atoms with Crippen LogP contribution in [-0.2, 0) is 0 Å². The van der Waals surface area contributed by atoms with Crippen LogP contribution in [0.1, 0.15) is 18.4 Å². The molecule has 0 spiro atoms. The molecule has 2 heterocycles. The Labute approximate surface area is 150 Å². The maximum Gasteiger partial charge on any atom is 0.145 e. The van der Waals surface area contributed by atoms with Gasteiger partial charge >= 0.3 is 0 Å². The van der Waals surface area contributed by atoms with Crippen LogP contribution in [0.3, 0.4) is 0 Å². The molecule has 130 valence electrons. The molecule has 4 rings (SSSR count). The Bertz CT molecular complexity index is 1030. The Kier molecular flexibility index (Phi) is 4.31. The third kappa shape index (κ3) is 3.39. The van der Waals surface area contributed by atoms with Crippen LogP contribution in [0, 0.1) is 5.82 Å².